The predicted octanol–water partition coefficient (Wildman–Crippen LogP) is 3.07. The Labute approximate surface area is 147 Å². The Morgan fingerprint density at radius 3 is 2.08 bits per heavy atom. The Bertz CT molecular complexity index is 672. The molecule has 6 nitrogen and oxygen atoms in total. The van der Waals surface area contributed by atoms with Crippen LogP contribution in [0.3, 0.4) is 0 Å². The molecular weight excluding hydrogens is 320 g/mol. The fraction of sp³-hybridized carbons (Fsp3) is 0.263. The maximum atomic E-state index is 11.9. The molecule has 0 heterocycles. The summed E-state index contributed by atoms with van der Waals surface area (Å²) in [5.41, 5.74) is 1.33. The van der Waals surface area contributed by atoms with Crippen LogP contribution in [0.5, 0.6) is 5.75 Å². The lowest BCUT2D eigenvalue weighted by Crippen LogP contribution is -2.17. The van der Waals surface area contributed by atoms with Gasteiger partial charge in [-0.15, -0.1) is 0 Å². The summed E-state index contributed by atoms with van der Waals surface area (Å²) in [6, 6.07) is 16.4. The maximum Gasteiger partial charge on any atom is 0.250 e. The van der Waals surface area contributed by atoms with E-state index in [1.54, 1.807) is 24.3 Å². The van der Waals surface area contributed by atoms with Crippen LogP contribution in [0.25, 0.3) is 0 Å². The number of amides is 2. The zero-order valence-electron chi connectivity index (χ0n) is 14.2. The zero-order chi connectivity index (χ0) is 17.9. The third-order valence-electron chi connectivity index (χ3n) is 3.29. The van der Waals surface area contributed by atoms with Crippen molar-refractivity contribution in [3.05, 3.63) is 54.6 Å². The van der Waals surface area contributed by atoms with Crippen LogP contribution in [0.15, 0.2) is 54.6 Å². The molecule has 0 fully saturated rings. The number of methoxy groups -OCH3 is 1. The molecule has 0 saturated heterocycles. The first-order chi connectivity index (χ1) is 12.2. The standard InChI is InChI=1S/C19H22N2O4/c1-24-14-19(23)21-16-11-9-15(10-12-16)20-18(22)8-5-13-25-17-6-3-2-4-7-17/h2-4,6-7,9-12H,5,8,13-14H2,1H3,(H,20,22)(H,21,23). The van der Waals surface area contributed by atoms with Crippen molar-refractivity contribution in [1.29, 1.82) is 0 Å². The van der Waals surface area contributed by atoms with Crippen molar-refractivity contribution in [1.82, 2.24) is 0 Å². The quantitative estimate of drug-likeness (QED) is 0.687. The van der Waals surface area contributed by atoms with Gasteiger partial charge in [0.2, 0.25) is 11.8 Å². The third-order valence-corrected chi connectivity index (χ3v) is 3.29. The van der Waals surface area contributed by atoms with E-state index < -0.39 is 0 Å². The molecule has 0 aliphatic rings. The molecule has 0 unspecified atom stereocenters. The molecule has 0 radical (unpaired) electrons. The second-order valence-corrected chi connectivity index (χ2v) is 5.37. The van der Waals surface area contributed by atoms with Gasteiger partial charge >= 0.3 is 0 Å². The van der Waals surface area contributed by atoms with Crippen LogP contribution in [-0.2, 0) is 14.3 Å². The molecule has 0 aliphatic heterocycles. The van der Waals surface area contributed by atoms with E-state index in [0.717, 1.165) is 5.75 Å². The number of rotatable bonds is 9. The van der Waals surface area contributed by atoms with Gasteiger partial charge in [0.25, 0.3) is 0 Å². The molecule has 2 amide bonds. The smallest absolute Gasteiger partial charge is 0.250 e. The van der Waals surface area contributed by atoms with Crippen LogP contribution in [0.4, 0.5) is 11.4 Å². The second-order valence-electron chi connectivity index (χ2n) is 5.37. The van der Waals surface area contributed by atoms with Crippen LogP contribution in [0, 0.1) is 0 Å². The summed E-state index contributed by atoms with van der Waals surface area (Å²) in [7, 11) is 1.46. The molecule has 2 aromatic carbocycles. The maximum absolute atomic E-state index is 11.9. The average Bonchev–Trinajstić information content (AvgIpc) is 2.61. The highest BCUT2D eigenvalue weighted by molar-refractivity contribution is 5.93. The SMILES string of the molecule is COCC(=O)Nc1ccc(NC(=O)CCCOc2ccccc2)cc1. The fourth-order valence-corrected chi connectivity index (χ4v) is 2.13. The number of benzene rings is 2. The van der Waals surface area contributed by atoms with E-state index >= 15 is 0 Å². The summed E-state index contributed by atoms with van der Waals surface area (Å²) >= 11 is 0. The van der Waals surface area contributed by atoms with Gasteiger partial charge in [0, 0.05) is 24.9 Å². The van der Waals surface area contributed by atoms with Crippen LogP contribution < -0.4 is 15.4 Å². The molecule has 0 bridgehead atoms. The van der Waals surface area contributed by atoms with E-state index in [0.29, 0.717) is 30.8 Å². The number of para-hydroxylation sites is 1. The second kappa shape index (κ2) is 10.1. The Balaban J connectivity index is 1.68. The molecule has 25 heavy (non-hydrogen) atoms. The van der Waals surface area contributed by atoms with Gasteiger partial charge in [0.1, 0.15) is 12.4 Å². The summed E-state index contributed by atoms with van der Waals surface area (Å²) in [6.45, 7) is 0.492. The Hall–Kier alpha value is -2.86. The van der Waals surface area contributed by atoms with E-state index in [-0.39, 0.29) is 18.4 Å². The predicted molar refractivity (Wildman–Crippen MR) is 96.7 cm³/mol. The first-order valence-corrected chi connectivity index (χ1v) is 8.04. The largest absolute Gasteiger partial charge is 0.494 e. The van der Waals surface area contributed by atoms with E-state index in [1.807, 2.05) is 30.3 Å². The van der Waals surface area contributed by atoms with Crippen molar-refractivity contribution in [2.24, 2.45) is 0 Å². The zero-order valence-corrected chi connectivity index (χ0v) is 14.2. The van der Waals surface area contributed by atoms with Crippen LogP contribution >= 0.6 is 0 Å². The molecule has 0 atom stereocenters. The number of nitrogens with one attached hydrogen (secondary N) is 2. The van der Waals surface area contributed by atoms with Gasteiger partial charge in [-0.1, -0.05) is 18.2 Å². The van der Waals surface area contributed by atoms with Gasteiger partial charge < -0.3 is 20.1 Å². The van der Waals surface area contributed by atoms with E-state index in [2.05, 4.69) is 10.6 Å². The minimum absolute atomic E-state index is 0.00351. The molecule has 2 N–H and O–H groups in total. The van der Waals surface area contributed by atoms with Crippen molar-refractivity contribution in [3.8, 4) is 5.75 Å². The Kier molecular flexibility index (Phi) is 7.46. The van der Waals surface area contributed by atoms with Gasteiger partial charge in [0.15, 0.2) is 0 Å². The van der Waals surface area contributed by atoms with Gasteiger partial charge in [-0.25, -0.2) is 0 Å². The van der Waals surface area contributed by atoms with Gasteiger partial charge in [-0.3, -0.25) is 9.59 Å². The molecule has 6 heteroatoms. The molecule has 0 aromatic heterocycles. The topological polar surface area (TPSA) is 76.7 Å². The van der Waals surface area contributed by atoms with Crippen molar-refractivity contribution in [3.63, 3.8) is 0 Å². The number of carbonyl (C=O) groups excluding carboxylic acids is 2. The summed E-state index contributed by atoms with van der Waals surface area (Å²) < 4.78 is 10.3. The highest BCUT2D eigenvalue weighted by Crippen LogP contribution is 2.14. The minimum atomic E-state index is -0.224. The minimum Gasteiger partial charge on any atom is -0.494 e. The Morgan fingerprint density at radius 2 is 1.48 bits per heavy atom. The summed E-state index contributed by atoms with van der Waals surface area (Å²) in [6.07, 6.45) is 1.01. The fourth-order valence-electron chi connectivity index (χ4n) is 2.13. The summed E-state index contributed by atoms with van der Waals surface area (Å²) in [4.78, 5) is 23.3. The highest BCUT2D eigenvalue weighted by atomic mass is 16.5. The average molecular weight is 342 g/mol. The van der Waals surface area contributed by atoms with Crippen molar-refractivity contribution in [2.45, 2.75) is 12.8 Å². The van der Waals surface area contributed by atoms with Crippen molar-refractivity contribution < 1.29 is 19.1 Å². The number of hydrogen-bond acceptors (Lipinski definition) is 4. The molecule has 132 valence electrons. The monoisotopic (exact) mass is 342 g/mol. The molecule has 0 aliphatic carbocycles. The molecule has 0 saturated carbocycles. The first kappa shape index (κ1) is 18.5. The normalized spacial score (nSPS) is 10.1. The number of carbonyl (C=O) groups is 2. The van der Waals surface area contributed by atoms with E-state index in [4.69, 9.17) is 9.47 Å². The molecular formula is C19H22N2O4. The van der Waals surface area contributed by atoms with Crippen LogP contribution in [0.1, 0.15) is 12.8 Å². The van der Waals surface area contributed by atoms with E-state index in [9.17, 15) is 9.59 Å². The molecule has 2 aromatic rings. The van der Waals surface area contributed by atoms with Crippen molar-refractivity contribution >= 4 is 23.2 Å². The van der Waals surface area contributed by atoms with Gasteiger partial charge in [-0.2, -0.15) is 0 Å². The third kappa shape index (κ3) is 7.05. The lowest BCUT2D eigenvalue weighted by atomic mass is 10.2. The lowest BCUT2D eigenvalue weighted by Gasteiger charge is -2.08. The van der Waals surface area contributed by atoms with Crippen LogP contribution in [0.2, 0.25) is 0 Å². The Morgan fingerprint density at radius 1 is 0.880 bits per heavy atom. The summed E-state index contributed by atoms with van der Waals surface area (Å²) in [5.74, 6) is 0.500. The first-order valence-electron chi connectivity index (χ1n) is 8.04. The number of hydrogen-bond donors (Lipinski definition) is 2. The lowest BCUT2D eigenvalue weighted by molar-refractivity contribution is -0.119. The van der Waals surface area contributed by atoms with Gasteiger partial charge in [0.05, 0.1) is 6.61 Å². The summed E-state index contributed by atoms with van der Waals surface area (Å²) in [5, 5.41) is 5.50. The highest BCUT2D eigenvalue weighted by Gasteiger charge is 2.04. The molecule has 0 spiro atoms. The molecule has 2 rings (SSSR count). The number of ether oxygens (including phenoxy) is 2. The van der Waals surface area contributed by atoms with Crippen LogP contribution in [-0.4, -0.2) is 32.1 Å². The van der Waals surface area contributed by atoms with Gasteiger partial charge in [-0.05, 0) is 42.8 Å². The number of anilines is 2. The van der Waals surface area contributed by atoms with Crippen molar-refractivity contribution in [2.75, 3.05) is 31.0 Å². The van der Waals surface area contributed by atoms with E-state index in [1.165, 1.54) is 7.11 Å².